The molecular weight excluding hydrogens is 163 g/mol. The van der Waals surface area contributed by atoms with Gasteiger partial charge in [-0.15, -0.1) is 0 Å². The van der Waals surface area contributed by atoms with Gasteiger partial charge < -0.3 is 0 Å². The first-order valence-corrected chi connectivity index (χ1v) is 5.14. The first-order chi connectivity index (χ1) is 5.95. The lowest BCUT2D eigenvalue weighted by molar-refractivity contribution is 1.45. The molecule has 1 unspecified atom stereocenters. The largest absolute Gasteiger partial charge is 0.0801 e. The highest BCUT2D eigenvalue weighted by atomic mass is 31.1. The molecule has 0 radical (unpaired) electrons. The molecule has 1 aromatic rings. The zero-order chi connectivity index (χ0) is 8.23. The van der Waals surface area contributed by atoms with Gasteiger partial charge in [0, 0.05) is 0 Å². The van der Waals surface area contributed by atoms with Crippen LogP contribution in [0.15, 0.2) is 53.9 Å². The molecule has 60 valence electrons. The van der Waals surface area contributed by atoms with Gasteiger partial charge in [-0.05, 0) is 17.0 Å². The van der Waals surface area contributed by atoms with Crippen molar-refractivity contribution in [3.63, 3.8) is 0 Å². The van der Waals surface area contributed by atoms with E-state index in [1.807, 2.05) is 0 Å². The van der Waals surface area contributed by atoms with Gasteiger partial charge >= 0.3 is 0 Å². The molecule has 0 fully saturated rings. The van der Waals surface area contributed by atoms with Crippen molar-refractivity contribution in [3.05, 3.63) is 53.9 Å². The molecule has 2 rings (SSSR count). The standard InChI is InChI=1S/C11H11P/c1-2-6-10(7-3-1)12-11-8-4-5-9-11/h1-4,6-9,12H,5H2. The SMILES string of the molecule is C1=CC(Pc2ccccc2)=CC1. The second-order valence-corrected chi connectivity index (χ2v) is 4.19. The van der Waals surface area contributed by atoms with Crippen LogP contribution in [-0.4, -0.2) is 0 Å². The Morgan fingerprint density at radius 3 is 2.58 bits per heavy atom. The molecule has 1 heteroatoms. The number of rotatable bonds is 2. The molecule has 0 nitrogen and oxygen atoms in total. The van der Waals surface area contributed by atoms with Gasteiger partial charge in [-0.1, -0.05) is 57.1 Å². The average Bonchev–Trinajstić information content (AvgIpc) is 2.59. The maximum atomic E-state index is 2.30. The summed E-state index contributed by atoms with van der Waals surface area (Å²) < 4.78 is 0. The minimum absolute atomic E-state index is 0.832. The Hall–Kier alpha value is -0.870. The number of allylic oxidation sites excluding steroid dienone is 4. The van der Waals surface area contributed by atoms with Crippen LogP contribution in [0.4, 0.5) is 0 Å². The lowest BCUT2D eigenvalue weighted by Gasteiger charge is -1.99. The van der Waals surface area contributed by atoms with Crippen LogP contribution in [0.3, 0.4) is 0 Å². The van der Waals surface area contributed by atoms with E-state index in [9.17, 15) is 0 Å². The topological polar surface area (TPSA) is 0 Å². The van der Waals surface area contributed by atoms with Crippen molar-refractivity contribution >= 4 is 13.9 Å². The van der Waals surface area contributed by atoms with Crippen molar-refractivity contribution in [2.24, 2.45) is 0 Å². The highest BCUT2D eigenvalue weighted by molar-refractivity contribution is 7.52. The van der Waals surface area contributed by atoms with Gasteiger partial charge in [0.05, 0.1) is 0 Å². The monoisotopic (exact) mass is 174 g/mol. The Morgan fingerprint density at radius 1 is 1.08 bits per heavy atom. The Labute approximate surface area is 74.8 Å². The molecule has 1 aromatic carbocycles. The fourth-order valence-corrected chi connectivity index (χ4v) is 2.35. The van der Waals surface area contributed by atoms with E-state index in [2.05, 4.69) is 48.6 Å². The van der Waals surface area contributed by atoms with E-state index in [0.29, 0.717) is 0 Å². The second-order valence-electron chi connectivity index (χ2n) is 2.79. The molecule has 0 amide bonds. The van der Waals surface area contributed by atoms with Crippen LogP contribution in [0.5, 0.6) is 0 Å². The van der Waals surface area contributed by atoms with E-state index < -0.39 is 0 Å². The Bertz CT molecular complexity index is 309. The third kappa shape index (κ3) is 1.84. The normalized spacial score (nSPS) is 15.8. The summed E-state index contributed by atoms with van der Waals surface area (Å²) in [6, 6.07) is 10.6. The fourth-order valence-electron chi connectivity index (χ4n) is 1.24. The molecule has 1 aliphatic rings. The van der Waals surface area contributed by atoms with E-state index in [0.717, 1.165) is 15.0 Å². The quantitative estimate of drug-likeness (QED) is 0.605. The van der Waals surface area contributed by atoms with Gasteiger partial charge in [0.15, 0.2) is 0 Å². The van der Waals surface area contributed by atoms with E-state index >= 15 is 0 Å². The zero-order valence-corrected chi connectivity index (χ0v) is 7.83. The van der Waals surface area contributed by atoms with Crippen molar-refractivity contribution in [2.45, 2.75) is 6.42 Å². The summed E-state index contributed by atoms with van der Waals surface area (Å²) in [5, 5.41) is 2.90. The van der Waals surface area contributed by atoms with Gasteiger partial charge in [-0.2, -0.15) is 0 Å². The highest BCUT2D eigenvalue weighted by Gasteiger charge is 1.98. The number of benzene rings is 1. The molecular formula is C11H11P. The van der Waals surface area contributed by atoms with Gasteiger partial charge in [-0.3, -0.25) is 0 Å². The summed E-state index contributed by atoms with van der Waals surface area (Å²) in [6.45, 7) is 0. The number of hydrogen-bond acceptors (Lipinski definition) is 0. The molecule has 0 saturated heterocycles. The van der Waals surface area contributed by atoms with Gasteiger partial charge in [0.2, 0.25) is 0 Å². The van der Waals surface area contributed by atoms with E-state index in [1.54, 1.807) is 0 Å². The third-order valence-electron chi connectivity index (χ3n) is 1.83. The average molecular weight is 174 g/mol. The zero-order valence-electron chi connectivity index (χ0n) is 6.83. The minimum atomic E-state index is 0.832. The van der Waals surface area contributed by atoms with Crippen LogP contribution in [0.1, 0.15) is 6.42 Å². The Morgan fingerprint density at radius 2 is 1.92 bits per heavy atom. The summed E-state index contributed by atoms with van der Waals surface area (Å²) in [5.74, 6) is 0. The predicted molar refractivity (Wildman–Crippen MR) is 56.2 cm³/mol. The van der Waals surface area contributed by atoms with Crippen molar-refractivity contribution in [1.82, 2.24) is 0 Å². The lowest BCUT2D eigenvalue weighted by atomic mass is 10.4. The first-order valence-electron chi connectivity index (χ1n) is 4.14. The van der Waals surface area contributed by atoms with Crippen molar-refractivity contribution in [2.75, 3.05) is 0 Å². The molecule has 1 aliphatic carbocycles. The van der Waals surface area contributed by atoms with Crippen LogP contribution in [0.25, 0.3) is 0 Å². The summed E-state index contributed by atoms with van der Waals surface area (Å²) in [7, 11) is 0.832. The number of hydrogen-bond donors (Lipinski definition) is 0. The molecule has 0 N–H and O–H groups in total. The van der Waals surface area contributed by atoms with Crippen LogP contribution in [-0.2, 0) is 0 Å². The fraction of sp³-hybridized carbons (Fsp3) is 0.0909. The van der Waals surface area contributed by atoms with E-state index in [-0.39, 0.29) is 0 Å². The molecule has 0 aromatic heterocycles. The second kappa shape index (κ2) is 3.69. The highest BCUT2D eigenvalue weighted by Crippen LogP contribution is 2.27. The van der Waals surface area contributed by atoms with Crippen LogP contribution < -0.4 is 5.30 Å². The molecule has 0 aliphatic heterocycles. The molecule has 0 heterocycles. The first kappa shape index (κ1) is 7.76. The molecule has 0 saturated carbocycles. The Balaban J connectivity index is 2.09. The van der Waals surface area contributed by atoms with Crippen molar-refractivity contribution < 1.29 is 0 Å². The maximum absolute atomic E-state index is 2.30. The summed E-state index contributed by atoms with van der Waals surface area (Å²) in [6.07, 6.45) is 7.86. The summed E-state index contributed by atoms with van der Waals surface area (Å²) in [4.78, 5) is 0. The minimum Gasteiger partial charge on any atom is -0.0801 e. The van der Waals surface area contributed by atoms with Crippen LogP contribution >= 0.6 is 8.58 Å². The smallest absolute Gasteiger partial charge is 0.0156 e. The Kier molecular flexibility index (Phi) is 2.39. The third-order valence-corrected chi connectivity index (χ3v) is 3.12. The molecule has 12 heavy (non-hydrogen) atoms. The predicted octanol–water partition coefficient (Wildman–Crippen LogP) is 2.83. The lowest BCUT2D eigenvalue weighted by Crippen LogP contribution is -1.90. The van der Waals surface area contributed by atoms with Gasteiger partial charge in [0.25, 0.3) is 0 Å². The molecule has 0 bridgehead atoms. The van der Waals surface area contributed by atoms with E-state index in [4.69, 9.17) is 0 Å². The van der Waals surface area contributed by atoms with E-state index in [1.165, 1.54) is 10.6 Å². The summed E-state index contributed by atoms with van der Waals surface area (Å²) in [5.41, 5.74) is 0. The van der Waals surface area contributed by atoms with Crippen molar-refractivity contribution in [3.8, 4) is 0 Å². The molecule has 0 spiro atoms. The van der Waals surface area contributed by atoms with Gasteiger partial charge in [-0.25, -0.2) is 0 Å². The van der Waals surface area contributed by atoms with Crippen LogP contribution in [0.2, 0.25) is 0 Å². The summed E-state index contributed by atoms with van der Waals surface area (Å²) >= 11 is 0. The maximum Gasteiger partial charge on any atom is -0.0156 e. The van der Waals surface area contributed by atoms with Crippen LogP contribution in [0, 0.1) is 0 Å². The molecule has 1 atom stereocenters. The van der Waals surface area contributed by atoms with Gasteiger partial charge in [0.1, 0.15) is 0 Å². The van der Waals surface area contributed by atoms with Crippen molar-refractivity contribution in [1.29, 1.82) is 0 Å².